The van der Waals surface area contributed by atoms with Gasteiger partial charge in [0.2, 0.25) is 0 Å². The van der Waals surface area contributed by atoms with Crippen LogP contribution in [0.1, 0.15) is 17.5 Å². The number of hydrogen-bond acceptors (Lipinski definition) is 1. The summed E-state index contributed by atoms with van der Waals surface area (Å²) in [6, 6.07) is 20.2. The van der Waals surface area contributed by atoms with Crippen molar-refractivity contribution in [2.24, 2.45) is 0 Å². The van der Waals surface area contributed by atoms with Gasteiger partial charge < -0.3 is 10.6 Å². The second-order valence-electron chi connectivity index (χ2n) is 4.77. The minimum atomic E-state index is -0.426. The Balaban J connectivity index is 2.13. The van der Waals surface area contributed by atoms with E-state index in [0.717, 1.165) is 17.5 Å². The summed E-state index contributed by atoms with van der Waals surface area (Å²) < 4.78 is 0. The lowest BCUT2D eigenvalue weighted by atomic mass is 9.79. The van der Waals surface area contributed by atoms with Gasteiger partial charge in [-0.1, -0.05) is 60.7 Å². The van der Waals surface area contributed by atoms with E-state index in [1.807, 2.05) is 36.4 Å². The van der Waals surface area contributed by atoms with Gasteiger partial charge in [0, 0.05) is 6.54 Å². The Morgan fingerprint density at radius 1 is 0.842 bits per heavy atom. The molecule has 2 aromatic carbocycles. The average molecular weight is 252 g/mol. The van der Waals surface area contributed by atoms with E-state index in [4.69, 9.17) is 0 Å². The Labute approximate surface area is 112 Å². The fourth-order valence-corrected chi connectivity index (χ4v) is 2.71. The molecule has 0 atom stereocenters. The molecule has 3 rings (SSSR count). The highest BCUT2D eigenvalue weighted by Crippen LogP contribution is 2.34. The number of benzene rings is 2. The van der Waals surface area contributed by atoms with Crippen molar-refractivity contribution in [3.63, 3.8) is 0 Å². The van der Waals surface area contributed by atoms with Gasteiger partial charge in [-0.05, 0) is 17.5 Å². The van der Waals surface area contributed by atoms with Gasteiger partial charge in [0.05, 0.1) is 5.54 Å². The molecule has 19 heavy (non-hydrogen) atoms. The number of urea groups is 1. The molecule has 1 heterocycles. The smallest absolute Gasteiger partial charge is 0.315 e. The molecule has 2 amide bonds. The normalized spacial score (nSPS) is 17.4. The van der Waals surface area contributed by atoms with E-state index in [9.17, 15) is 4.79 Å². The number of carbonyl (C=O) groups is 1. The van der Waals surface area contributed by atoms with Crippen molar-refractivity contribution >= 4 is 6.03 Å². The van der Waals surface area contributed by atoms with Crippen LogP contribution in [0.2, 0.25) is 0 Å². The highest BCUT2D eigenvalue weighted by Gasteiger charge is 2.38. The predicted octanol–water partition coefficient (Wildman–Crippen LogP) is 2.63. The molecule has 1 saturated heterocycles. The Kier molecular flexibility index (Phi) is 2.95. The number of hydrogen-bond donors (Lipinski definition) is 2. The lowest BCUT2D eigenvalue weighted by Gasteiger charge is -2.39. The largest absolute Gasteiger partial charge is 0.338 e. The highest BCUT2D eigenvalue weighted by atomic mass is 16.2. The average Bonchev–Trinajstić information content (AvgIpc) is 2.49. The summed E-state index contributed by atoms with van der Waals surface area (Å²) in [6.45, 7) is 0.676. The third kappa shape index (κ3) is 2.08. The summed E-state index contributed by atoms with van der Waals surface area (Å²) in [5.74, 6) is 0. The minimum Gasteiger partial charge on any atom is -0.338 e. The fraction of sp³-hybridized carbons (Fsp3) is 0.188. The second kappa shape index (κ2) is 4.76. The third-order valence-corrected chi connectivity index (χ3v) is 3.65. The lowest BCUT2D eigenvalue weighted by molar-refractivity contribution is 0.216. The van der Waals surface area contributed by atoms with E-state index < -0.39 is 5.54 Å². The van der Waals surface area contributed by atoms with Crippen LogP contribution in [0, 0.1) is 0 Å². The second-order valence-corrected chi connectivity index (χ2v) is 4.77. The van der Waals surface area contributed by atoms with Crippen molar-refractivity contribution in [1.82, 2.24) is 10.6 Å². The Bertz CT molecular complexity index is 526. The van der Waals surface area contributed by atoms with Crippen LogP contribution in [0.3, 0.4) is 0 Å². The summed E-state index contributed by atoms with van der Waals surface area (Å²) in [5, 5.41) is 5.94. The van der Waals surface area contributed by atoms with E-state index in [1.165, 1.54) is 0 Å². The Morgan fingerprint density at radius 2 is 1.37 bits per heavy atom. The molecule has 96 valence electrons. The van der Waals surface area contributed by atoms with Crippen molar-refractivity contribution < 1.29 is 4.79 Å². The molecular formula is C16H16N2O. The Morgan fingerprint density at radius 3 is 1.84 bits per heavy atom. The van der Waals surface area contributed by atoms with Gasteiger partial charge >= 0.3 is 6.03 Å². The molecule has 0 spiro atoms. The fourth-order valence-electron chi connectivity index (χ4n) is 2.71. The van der Waals surface area contributed by atoms with Crippen molar-refractivity contribution in [1.29, 1.82) is 0 Å². The molecule has 0 unspecified atom stereocenters. The molecule has 1 fully saturated rings. The van der Waals surface area contributed by atoms with Gasteiger partial charge in [0.1, 0.15) is 0 Å². The third-order valence-electron chi connectivity index (χ3n) is 3.65. The summed E-state index contributed by atoms with van der Waals surface area (Å²) in [6.07, 6.45) is 0.840. The molecule has 3 nitrogen and oxygen atoms in total. The van der Waals surface area contributed by atoms with Gasteiger partial charge in [0.15, 0.2) is 0 Å². The van der Waals surface area contributed by atoms with Crippen LogP contribution in [0.15, 0.2) is 60.7 Å². The zero-order chi connectivity index (χ0) is 13.1. The number of amides is 2. The maximum atomic E-state index is 11.8. The molecular weight excluding hydrogens is 236 g/mol. The topological polar surface area (TPSA) is 41.1 Å². The number of nitrogens with one attached hydrogen (secondary N) is 2. The first-order valence-electron chi connectivity index (χ1n) is 6.48. The highest BCUT2D eigenvalue weighted by molar-refractivity contribution is 5.77. The van der Waals surface area contributed by atoms with Crippen LogP contribution in [-0.2, 0) is 5.54 Å². The quantitative estimate of drug-likeness (QED) is 0.847. The van der Waals surface area contributed by atoms with E-state index in [-0.39, 0.29) is 6.03 Å². The molecule has 3 heteroatoms. The first-order valence-corrected chi connectivity index (χ1v) is 6.48. The standard InChI is InChI=1S/C16H16N2O/c19-15-17-12-11-16(18-15,13-7-3-1-4-8-13)14-9-5-2-6-10-14/h1-10H,11-12H2,(H2,17,18,19). The predicted molar refractivity (Wildman–Crippen MR) is 74.8 cm³/mol. The summed E-state index contributed by atoms with van der Waals surface area (Å²) in [5.41, 5.74) is 1.82. The molecule has 0 bridgehead atoms. The van der Waals surface area contributed by atoms with E-state index >= 15 is 0 Å². The zero-order valence-electron chi connectivity index (χ0n) is 10.6. The molecule has 0 aromatic heterocycles. The van der Waals surface area contributed by atoms with Crippen LogP contribution in [-0.4, -0.2) is 12.6 Å². The number of rotatable bonds is 2. The first-order chi connectivity index (χ1) is 9.31. The molecule has 1 aliphatic rings. The van der Waals surface area contributed by atoms with Gasteiger partial charge in [-0.15, -0.1) is 0 Å². The van der Waals surface area contributed by atoms with E-state index in [2.05, 4.69) is 34.9 Å². The van der Waals surface area contributed by atoms with Crippen LogP contribution >= 0.6 is 0 Å². The Hall–Kier alpha value is -2.29. The zero-order valence-corrected chi connectivity index (χ0v) is 10.6. The van der Waals surface area contributed by atoms with Crippen molar-refractivity contribution in [3.8, 4) is 0 Å². The first kappa shape index (κ1) is 11.8. The summed E-state index contributed by atoms with van der Waals surface area (Å²) in [7, 11) is 0. The van der Waals surface area contributed by atoms with Gasteiger partial charge in [-0.25, -0.2) is 4.79 Å². The molecule has 1 aliphatic heterocycles. The van der Waals surface area contributed by atoms with Crippen molar-refractivity contribution in [2.75, 3.05) is 6.54 Å². The molecule has 2 aromatic rings. The molecule has 2 N–H and O–H groups in total. The van der Waals surface area contributed by atoms with Crippen molar-refractivity contribution in [3.05, 3.63) is 71.8 Å². The maximum Gasteiger partial charge on any atom is 0.315 e. The number of carbonyl (C=O) groups excluding carboxylic acids is 1. The van der Waals surface area contributed by atoms with Crippen molar-refractivity contribution in [2.45, 2.75) is 12.0 Å². The maximum absolute atomic E-state index is 11.8. The monoisotopic (exact) mass is 252 g/mol. The molecule has 0 aliphatic carbocycles. The summed E-state index contributed by atoms with van der Waals surface area (Å²) >= 11 is 0. The van der Waals surface area contributed by atoms with Crippen LogP contribution in [0.4, 0.5) is 4.79 Å². The van der Waals surface area contributed by atoms with Gasteiger partial charge in [0.25, 0.3) is 0 Å². The molecule has 0 radical (unpaired) electrons. The van der Waals surface area contributed by atoms with E-state index in [1.54, 1.807) is 0 Å². The van der Waals surface area contributed by atoms with Gasteiger partial charge in [-0.2, -0.15) is 0 Å². The van der Waals surface area contributed by atoms with E-state index in [0.29, 0.717) is 6.54 Å². The summed E-state index contributed by atoms with van der Waals surface area (Å²) in [4.78, 5) is 11.8. The minimum absolute atomic E-state index is 0.112. The molecule has 0 saturated carbocycles. The lowest BCUT2D eigenvalue weighted by Crippen LogP contribution is -2.56. The SMILES string of the molecule is O=C1NCCC(c2ccccc2)(c2ccccc2)N1. The van der Waals surface area contributed by atoms with Crippen LogP contribution in [0.5, 0.6) is 0 Å². The van der Waals surface area contributed by atoms with Crippen LogP contribution < -0.4 is 10.6 Å². The van der Waals surface area contributed by atoms with Gasteiger partial charge in [-0.3, -0.25) is 0 Å². The van der Waals surface area contributed by atoms with Crippen LogP contribution in [0.25, 0.3) is 0 Å².